The fraction of sp³-hybridized carbons (Fsp3) is 0.926. The zero-order valence-corrected chi connectivity index (χ0v) is 20.9. The van der Waals surface area contributed by atoms with E-state index < -0.39 is 0 Å². The van der Waals surface area contributed by atoms with Crippen LogP contribution in [0.1, 0.15) is 149 Å². The number of rotatable bonds is 24. The summed E-state index contributed by atoms with van der Waals surface area (Å²) in [6.07, 6.45) is 24.0. The highest BCUT2D eigenvalue weighted by atomic mass is 16.5. The first kappa shape index (κ1) is 29.9. The van der Waals surface area contributed by atoms with Gasteiger partial charge in [-0.3, -0.25) is 9.59 Å². The van der Waals surface area contributed by atoms with Gasteiger partial charge in [-0.15, -0.1) is 0 Å². The van der Waals surface area contributed by atoms with Crippen LogP contribution in [0.5, 0.6) is 0 Å². The van der Waals surface area contributed by atoms with E-state index in [0.717, 1.165) is 44.9 Å². The summed E-state index contributed by atoms with van der Waals surface area (Å²) in [5, 5.41) is 0. The van der Waals surface area contributed by atoms with Crippen LogP contribution in [0.4, 0.5) is 0 Å². The van der Waals surface area contributed by atoms with Crippen LogP contribution in [-0.2, 0) is 19.1 Å². The van der Waals surface area contributed by atoms with Crippen LogP contribution in [0, 0.1) is 0 Å². The summed E-state index contributed by atoms with van der Waals surface area (Å²) < 4.78 is 10.4. The Balaban J connectivity index is 3.22. The molecule has 0 radical (unpaired) electrons. The summed E-state index contributed by atoms with van der Waals surface area (Å²) in [6.45, 7) is 5.43. The van der Waals surface area contributed by atoms with E-state index >= 15 is 0 Å². The Bertz CT molecular complexity index is 395. The topological polar surface area (TPSA) is 52.6 Å². The first-order valence-corrected chi connectivity index (χ1v) is 13.5. The van der Waals surface area contributed by atoms with Crippen molar-refractivity contribution in [2.75, 3.05) is 13.2 Å². The summed E-state index contributed by atoms with van der Waals surface area (Å²) in [5.74, 6) is -0.214. The van der Waals surface area contributed by atoms with Crippen LogP contribution in [-0.4, -0.2) is 25.2 Å². The van der Waals surface area contributed by atoms with E-state index in [1.807, 2.05) is 0 Å². The van der Waals surface area contributed by atoms with Crippen LogP contribution in [0.25, 0.3) is 0 Å². The average molecular weight is 441 g/mol. The van der Waals surface area contributed by atoms with Crippen molar-refractivity contribution in [1.82, 2.24) is 0 Å². The van der Waals surface area contributed by atoms with Gasteiger partial charge in [0.15, 0.2) is 0 Å². The van der Waals surface area contributed by atoms with Gasteiger partial charge in [0.2, 0.25) is 0 Å². The lowest BCUT2D eigenvalue weighted by Crippen LogP contribution is -2.07. The lowest BCUT2D eigenvalue weighted by molar-refractivity contribution is -0.144. The molecule has 0 bridgehead atoms. The molecule has 0 aliphatic carbocycles. The van der Waals surface area contributed by atoms with Crippen LogP contribution < -0.4 is 0 Å². The summed E-state index contributed by atoms with van der Waals surface area (Å²) in [4.78, 5) is 23.2. The molecule has 31 heavy (non-hydrogen) atoms. The maximum Gasteiger partial charge on any atom is 0.305 e. The normalized spacial score (nSPS) is 10.9. The largest absolute Gasteiger partial charge is 0.466 e. The molecule has 0 aromatic rings. The van der Waals surface area contributed by atoms with Crippen LogP contribution in [0.15, 0.2) is 0 Å². The average Bonchev–Trinajstić information content (AvgIpc) is 2.76. The fourth-order valence-corrected chi connectivity index (χ4v) is 3.67. The molecular weight excluding hydrogens is 388 g/mol. The van der Waals surface area contributed by atoms with Gasteiger partial charge in [0, 0.05) is 12.8 Å². The maximum atomic E-state index is 11.7. The second-order valence-electron chi connectivity index (χ2n) is 8.95. The number of hydrogen-bond donors (Lipinski definition) is 0. The molecule has 0 spiro atoms. The van der Waals surface area contributed by atoms with Crippen LogP contribution >= 0.6 is 0 Å². The molecule has 0 saturated carbocycles. The van der Waals surface area contributed by atoms with Gasteiger partial charge in [0.25, 0.3) is 0 Å². The zero-order valence-electron chi connectivity index (χ0n) is 20.9. The molecule has 0 aromatic carbocycles. The molecule has 0 N–H and O–H groups in total. The monoisotopic (exact) mass is 440 g/mol. The minimum atomic E-state index is -0.117. The van der Waals surface area contributed by atoms with Gasteiger partial charge in [-0.25, -0.2) is 0 Å². The first-order valence-electron chi connectivity index (χ1n) is 13.5. The van der Waals surface area contributed by atoms with Gasteiger partial charge < -0.3 is 9.47 Å². The molecule has 0 aromatic heterocycles. The van der Waals surface area contributed by atoms with Crippen molar-refractivity contribution in [2.45, 2.75) is 149 Å². The van der Waals surface area contributed by atoms with Crippen molar-refractivity contribution in [3.05, 3.63) is 0 Å². The highest BCUT2D eigenvalue weighted by Crippen LogP contribution is 2.13. The molecule has 0 amide bonds. The number of carbonyl (C=O) groups is 2. The lowest BCUT2D eigenvalue weighted by atomic mass is 10.0. The number of hydrogen-bond acceptors (Lipinski definition) is 4. The third kappa shape index (κ3) is 25.1. The molecule has 0 aliphatic heterocycles. The van der Waals surface area contributed by atoms with E-state index in [2.05, 4.69) is 13.8 Å². The van der Waals surface area contributed by atoms with E-state index in [1.54, 1.807) is 0 Å². The van der Waals surface area contributed by atoms with Crippen molar-refractivity contribution in [3.8, 4) is 0 Å². The Morgan fingerprint density at radius 3 is 1.16 bits per heavy atom. The molecule has 0 rings (SSSR count). The SMILES string of the molecule is CCCCCCCCCCCCCCCCOC(=O)CCCCCC(=O)OCCCC. The first-order chi connectivity index (χ1) is 15.2. The maximum absolute atomic E-state index is 11.7. The summed E-state index contributed by atoms with van der Waals surface area (Å²) in [7, 11) is 0. The zero-order chi connectivity index (χ0) is 22.8. The van der Waals surface area contributed by atoms with E-state index in [0.29, 0.717) is 26.1 Å². The molecule has 0 aliphatic rings. The van der Waals surface area contributed by atoms with Crippen LogP contribution in [0.2, 0.25) is 0 Å². The van der Waals surface area contributed by atoms with Gasteiger partial charge in [0.1, 0.15) is 0 Å². The van der Waals surface area contributed by atoms with Gasteiger partial charge >= 0.3 is 11.9 Å². The predicted molar refractivity (Wildman–Crippen MR) is 130 cm³/mol. The van der Waals surface area contributed by atoms with Crippen molar-refractivity contribution in [1.29, 1.82) is 0 Å². The lowest BCUT2D eigenvalue weighted by Gasteiger charge is -2.06. The second-order valence-corrected chi connectivity index (χ2v) is 8.95. The van der Waals surface area contributed by atoms with Gasteiger partial charge in [0.05, 0.1) is 13.2 Å². The Morgan fingerprint density at radius 1 is 0.419 bits per heavy atom. The number of ether oxygens (including phenoxy) is 2. The quantitative estimate of drug-likeness (QED) is 0.112. The van der Waals surface area contributed by atoms with Gasteiger partial charge in [-0.2, -0.15) is 0 Å². The van der Waals surface area contributed by atoms with Crippen molar-refractivity contribution < 1.29 is 19.1 Å². The highest BCUT2D eigenvalue weighted by Gasteiger charge is 2.05. The minimum absolute atomic E-state index is 0.0970. The Labute approximate surface area is 193 Å². The van der Waals surface area contributed by atoms with Crippen molar-refractivity contribution in [3.63, 3.8) is 0 Å². The minimum Gasteiger partial charge on any atom is -0.466 e. The number of carbonyl (C=O) groups excluding carboxylic acids is 2. The molecule has 0 atom stereocenters. The summed E-state index contributed by atoms with van der Waals surface area (Å²) in [6, 6.07) is 0. The predicted octanol–water partition coefficient (Wildman–Crippen LogP) is 8.30. The molecule has 4 heteroatoms. The van der Waals surface area contributed by atoms with Crippen LogP contribution in [0.3, 0.4) is 0 Å². The third-order valence-corrected chi connectivity index (χ3v) is 5.78. The standard InChI is InChI=1S/C27H52O4/c1-3-5-7-8-9-10-11-12-13-14-15-16-17-21-25-31-27(29)23-20-18-19-22-26(28)30-24-6-4-2/h3-25H2,1-2H3. The van der Waals surface area contributed by atoms with Gasteiger partial charge in [-0.05, 0) is 25.7 Å². The molecule has 0 unspecified atom stereocenters. The number of esters is 2. The van der Waals surface area contributed by atoms with E-state index in [1.165, 1.54) is 77.0 Å². The molecule has 4 nitrogen and oxygen atoms in total. The smallest absolute Gasteiger partial charge is 0.305 e. The highest BCUT2D eigenvalue weighted by molar-refractivity contribution is 5.69. The molecule has 0 saturated heterocycles. The number of unbranched alkanes of at least 4 members (excludes halogenated alkanes) is 16. The van der Waals surface area contributed by atoms with E-state index in [-0.39, 0.29) is 11.9 Å². The second kappa shape index (κ2) is 25.2. The van der Waals surface area contributed by atoms with E-state index in [4.69, 9.17) is 9.47 Å². The van der Waals surface area contributed by atoms with Crippen molar-refractivity contribution in [2.24, 2.45) is 0 Å². The van der Waals surface area contributed by atoms with E-state index in [9.17, 15) is 9.59 Å². The third-order valence-electron chi connectivity index (χ3n) is 5.78. The Morgan fingerprint density at radius 2 is 0.742 bits per heavy atom. The molecule has 184 valence electrons. The fourth-order valence-electron chi connectivity index (χ4n) is 3.67. The van der Waals surface area contributed by atoms with Crippen molar-refractivity contribution >= 4 is 11.9 Å². The molecule has 0 fully saturated rings. The summed E-state index contributed by atoms with van der Waals surface area (Å²) >= 11 is 0. The Kier molecular flexibility index (Phi) is 24.3. The van der Waals surface area contributed by atoms with Gasteiger partial charge in [-0.1, -0.05) is 110 Å². The molecular formula is C27H52O4. The summed E-state index contributed by atoms with van der Waals surface area (Å²) in [5.41, 5.74) is 0. The Hall–Kier alpha value is -1.06. The molecule has 0 heterocycles.